The van der Waals surface area contributed by atoms with Gasteiger partial charge in [0.2, 0.25) is 11.8 Å². The first-order valence-corrected chi connectivity index (χ1v) is 9.63. The van der Waals surface area contributed by atoms with Crippen molar-refractivity contribution in [1.82, 2.24) is 15.1 Å². The monoisotopic (exact) mass is 363 g/mol. The molecule has 0 aromatic carbocycles. The number of nitrogens with zero attached hydrogens (tertiary/aromatic N) is 2. The number of likely N-dealkylation sites (tertiary alicyclic amines) is 1. The highest BCUT2D eigenvalue weighted by Crippen LogP contribution is 2.26. The molecule has 0 radical (unpaired) electrons. The summed E-state index contributed by atoms with van der Waals surface area (Å²) in [5.74, 6) is 2.28. The van der Waals surface area contributed by atoms with Gasteiger partial charge in [-0.25, -0.2) is 0 Å². The van der Waals surface area contributed by atoms with Crippen LogP contribution in [0.15, 0.2) is 0 Å². The molecular weight excluding hydrogens is 334 g/mol. The molecule has 0 bridgehead atoms. The van der Waals surface area contributed by atoms with E-state index < -0.39 is 0 Å². The maximum Gasteiger partial charge on any atom is 0.246 e. The van der Waals surface area contributed by atoms with Crippen LogP contribution in [0.1, 0.15) is 39.0 Å². The first kappa shape index (κ1) is 20.6. The van der Waals surface area contributed by atoms with Crippen LogP contribution in [-0.2, 0) is 9.59 Å². The molecule has 2 aliphatic rings. The van der Waals surface area contributed by atoms with Crippen molar-refractivity contribution in [3.63, 3.8) is 0 Å². The van der Waals surface area contributed by atoms with Crippen molar-refractivity contribution in [3.8, 4) is 0 Å². The molecule has 2 aliphatic heterocycles. The predicted molar refractivity (Wildman–Crippen MR) is 98.0 cm³/mol. The molecule has 2 rings (SSSR count). The number of nitrogens with one attached hydrogen (secondary N) is 1. The van der Waals surface area contributed by atoms with E-state index in [0.717, 1.165) is 44.6 Å². The normalized spacial score (nSPS) is 24.4. The van der Waals surface area contributed by atoms with E-state index in [1.807, 2.05) is 16.8 Å². The number of carbonyl (C=O) groups excluding carboxylic acids is 2. The van der Waals surface area contributed by atoms with Gasteiger partial charge in [-0.1, -0.05) is 13.3 Å². The van der Waals surface area contributed by atoms with Gasteiger partial charge in [0.15, 0.2) is 0 Å². The molecule has 0 saturated carbocycles. The number of thioether (sulfide) groups is 1. The summed E-state index contributed by atoms with van der Waals surface area (Å²) in [6.07, 6.45) is 4.76. The van der Waals surface area contributed by atoms with Crippen molar-refractivity contribution in [2.45, 2.75) is 45.1 Å². The molecule has 134 valence electrons. The summed E-state index contributed by atoms with van der Waals surface area (Å²) in [4.78, 5) is 28.9. The van der Waals surface area contributed by atoms with Crippen LogP contribution in [0.5, 0.6) is 0 Å². The second-order valence-electron chi connectivity index (χ2n) is 6.33. The number of carbonyl (C=O) groups is 2. The van der Waals surface area contributed by atoms with Gasteiger partial charge >= 0.3 is 0 Å². The molecule has 23 heavy (non-hydrogen) atoms. The van der Waals surface area contributed by atoms with E-state index in [1.54, 1.807) is 11.8 Å². The van der Waals surface area contributed by atoms with Crippen LogP contribution in [0, 0.1) is 5.92 Å². The second-order valence-corrected chi connectivity index (χ2v) is 7.33. The van der Waals surface area contributed by atoms with Gasteiger partial charge in [0.25, 0.3) is 0 Å². The molecule has 2 amide bonds. The van der Waals surface area contributed by atoms with E-state index in [0.29, 0.717) is 18.2 Å². The highest BCUT2D eigenvalue weighted by atomic mass is 35.5. The van der Waals surface area contributed by atoms with Gasteiger partial charge in [-0.3, -0.25) is 9.59 Å². The minimum atomic E-state index is -0.234. The first-order chi connectivity index (χ1) is 10.7. The summed E-state index contributed by atoms with van der Waals surface area (Å²) in [6.45, 7) is 4.72. The van der Waals surface area contributed by atoms with Crippen molar-refractivity contribution in [3.05, 3.63) is 0 Å². The van der Waals surface area contributed by atoms with Crippen molar-refractivity contribution in [2.24, 2.45) is 5.92 Å². The average Bonchev–Trinajstić information content (AvgIpc) is 3.02. The van der Waals surface area contributed by atoms with Crippen molar-refractivity contribution in [1.29, 1.82) is 0 Å². The van der Waals surface area contributed by atoms with E-state index in [4.69, 9.17) is 0 Å². The molecule has 2 atom stereocenters. The molecule has 0 aliphatic carbocycles. The number of hydrogen-bond acceptors (Lipinski definition) is 4. The van der Waals surface area contributed by atoms with Gasteiger partial charge in [-0.15, -0.1) is 24.2 Å². The topological polar surface area (TPSA) is 52.7 Å². The van der Waals surface area contributed by atoms with Gasteiger partial charge in [0.05, 0.1) is 5.88 Å². The lowest BCUT2D eigenvalue weighted by Crippen LogP contribution is -2.52. The Balaban J connectivity index is 0.00000264. The number of halogens is 1. The summed E-state index contributed by atoms with van der Waals surface area (Å²) in [5, 5.41) is 3.21. The molecule has 2 fully saturated rings. The number of rotatable bonds is 6. The molecule has 1 N–H and O–H groups in total. The summed E-state index contributed by atoms with van der Waals surface area (Å²) in [6, 6.07) is -0.234. The fourth-order valence-corrected chi connectivity index (χ4v) is 4.47. The maximum atomic E-state index is 12.8. The molecular formula is C16H30ClN3O2S. The van der Waals surface area contributed by atoms with Crippen molar-refractivity contribution < 1.29 is 9.59 Å². The highest BCUT2D eigenvalue weighted by molar-refractivity contribution is 7.99. The minimum absolute atomic E-state index is 0. The quantitative estimate of drug-likeness (QED) is 0.783. The van der Waals surface area contributed by atoms with Gasteiger partial charge in [-0.2, -0.15) is 0 Å². The Morgan fingerprint density at radius 1 is 1.35 bits per heavy atom. The molecule has 0 spiro atoms. The van der Waals surface area contributed by atoms with E-state index in [2.05, 4.69) is 12.2 Å². The molecule has 2 heterocycles. The van der Waals surface area contributed by atoms with E-state index in [1.165, 1.54) is 6.42 Å². The lowest BCUT2D eigenvalue weighted by molar-refractivity contribution is -0.144. The Bertz CT molecular complexity index is 396. The number of amides is 2. The van der Waals surface area contributed by atoms with Crippen molar-refractivity contribution >= 4 is 36.0 Å². The van der Waals surface area contributed by atoms with Crippen LogP contribution in [0.4, 0.5) is 0 Å². The lowest BCUT2D eigenvalue weighted by atomic mass is 9.97. The van der Waals surface area contributed by atoms with Gasteiger partial charge in [0.1, 0.15) is 6.04 Å². The molecule has 5 nitrogen and oxygen atoms in total. The standard InChI is InChI=1S/C16H29N3O2S.ClH/c1-3-4-7-15(20)19-12-22-11-14(19)16(21)18-8-5-6-13(10-18)9-17-2;/h13-14,17H,3-12H2,1-2H3;1H. The summed E-state index contributed by atoms with van der Waals surface area (Å²) in [7, 11) is 1.96. The van der Waals surface area contributed by atoms with Crippen LogP contribution in [0.3, 0.4) is 0 Å². The zero-order chi connectivity index (χ0) is 15.9. The zero-order valence-corrected chi connectivity index (χ0v) is 15.9. The van der Waals surface area contributed by atoms with Crippen LogP contribution in [0.25, 0.3) is 0 Å². The lowest BCUT2D eigenvalue weighted by Gasteiger charge is -2.36. The Labute approximate surface area is 150 Å². The second kappa shape index (κ2) is 10.4. The number of unbranched alkanes of at least 4 members (excludes halogenated alkanes) is 1. The number of piperidine rings is 1. The fraction of sp³-hybridized carbons (Fsp3) is 0.875. The van der Waals surface area contributed by atoms with Crippen molar-refractivity contribution in [2.75, 3.05) is 38.3 Å². The third-order valence-electron chi connectivity index (χ3n) is 4.56. The smallest absolute Gasteiger partial charge is 0.246 e. The Morgan fingerprint density at radius 3 is 2.83 bits per heavy atom. The van der Waals surface area contributed by atoms with E-state index >= 15 is 0 Å². The Morgan fingerprint density at radius 2 is 2.13 bits per heavy atom. The fourth-order valence-electron chi connectivity index (χ4n) is 3.30. The molecule has 2 saturated heterocycles. The largest absolute Gasteiger partial charge is 0.341 e. The molecule has 0 aromatic rings. The summed E-state index contributed by atoms with van der Waals surface area (Å²) >= 11 is 1.70. The highest BCUT2D eigenvalue weighted by Gasteiger charge is 2.37. The van der Waals surface area contributed by atoms with E-state index in [-0.39, 0.29) is 30.3 Å². The zero-order valence-electron chi connectivity index (χ0n) is 14.3. The van der Waals surface area contributed by atoms with E-state index in [9.17, 15) is 9.59 Å². The van der Waals surface area contributed by atoms with Crippen LogP contribution >= 0.6 is 24.2 Å². The first-order valence-electron chi connectivity index (χ1n) is 8.48. The molecule has 0 aromatic heterocycles. The minimum Gasteiger partial charge on any atom is -0.341 e. The third kappa shape index (κ3) is 5.54. The van der Waals surface area contributed by atoms with Crippen LogP contribution in [0.2, 0.25) is 0 Å². The van der Waals surface area contributed by atoms with Gasteiger partial charge in [-0.05, 0) is 38.8 Å². The number of hydrogen-bond donors (Lipinski definition) is 1. The Kier molecular flexibility index (Phi) is 9.32. The Hall–Kier alpha value is -0.460. The average molecular weight is 364 g/mol. The predicted octanol–water partition coefficient (Wildman–Crippen LogP) is 1.96. The SMILES string of the molecule is CCCCC(=O)N1CSCC1C(=O)N1CCCC(CNC)C1.Cl. The maximum absolute atomic E-state index is 12.8. The van der Waals surface area contributed by atoms with Crippen LogP contribution < -0.4 is 5.32 Å². The summed E-state index contributed by atoms with van der Waals surface area (Å²) < 4.78 is 0. The van der Waals surface area contributed by atoms with Gasteiger partial charge < -0.3 is 15.1 Å². The summed E-state index contributed by atoms with van der Waals surface area (Å²) in [5.41, 5.74) is 0. The molecule has 7 heteroatoms. The third-order valence-corrected chi connectivity index (χ3v) is 5.57. The van der Waals surface area contributed by atoms with Gasteiger partial charge in [0, 0.05) is 25.3 Å². The van der Waals surface area contributed by atoms with Crippen LogP contribution in [-0.4, -0.2) is 66.0 Å². The molecule has 2 unspecified atom stereocenters.